The van der Waals surface area contributed by atoms with Gasteiger partial charge in [0.1, 0.15) is 12.2 Å². The highest BCUT2D eigenvalue weighted by molar-refractivity contribution is 6.40. The van der Waals surface area contributed by atoms with Crippen LogP contribution in [0.25, 0.3) is 0 Å². The van der Waals surface area contributed by atoms with Gasteiger partial charge in [-0.1, -0.05) is 20.8 Å². The molecule has 1 spiro atoms. The minimum atomic E-state index is -2.14. The molecule has 3 saturated carbocycles. The van der Waals surface area contributed by atoms with Crippen LogP contribution in [0.1, 0.15) is 47.5 Å². The van der Waals surface area contributed by atoms with Gasteiger partial charge in [0.2, 0.25) is 11.9 Å². The summed E-state index contributed by atoms with van der Waals surface area (Å²) in [5.74, 6) is -8.11. The molecule has 0 aromatic rings. The van der Waals surface area contributed by atoms with Gasteiger partial charge in [0.05, 0.1) is 18.6 Å². The van der Waals surface area contributed by atoms with Crippen LogP contribution in [0.15, 0.2) is 0 Å². The van der Waals surface area contributed by atoms with E-state index < -0.39 is 88.2 Å². The average Bonchev–Trinajstić information content (AvgIpc) is 3.08. The van der Waals surface area contributed by atoms with Gasteiger partial charge in [0, 0.05) is 29.1 Å². The first-order valence-electron chi connectivity index (χ1n) is 12.3. The van der Waals surface area contributed by atoms with E-state index in [0.29, 0.717) is 6.42 Å². The number of ketones is 2. The number of carbonyl (C=O) groups excluding carboxylic acids is 4. The number of hydrogen-bond acceptors (Lipinski definition) is 10. The molecule has 0 amide bonds. The predicted molar refractivity (Wildman–Crippen MR) is 116 cm³/mol. The molecule has 10 nitrogen and oxygen atoms in total. The number of hydrogen-bond donors (Lipinski definition) is 3. The maximum atomic E-state index is 13.5. The van der Waals surface area contributed by atoms with E-state index in [-0.39, 0.29) is 24.9 Å². The fourth-order valence-electron chi connectivity index (χ4n) is 8.27. The van der Waals surface area contributed by atoms with E-state index in [4.69, 9.17) is 14.2 Å². The third kappa shape index (κ3) is 2.79. The number of fused-ring (bicyclic) bond motifs is 1. The number of carbonyl (C=O) groups is 4. The van der Waals surface area contributed by atoms with Crippen LogP contribution in [0.5, 0.6) is 0 Å². The lowest BCUT2D eigenvalue weighted by Crippen LogP contribution is -2.78. The Balaban J connectivity index is 1.68. The summed E-state index contributed by atoms with van der Waals surface area (Å²) >= 11 is 0. The smallest absolute Gasteiger partial charge is 0.348 e. The number of rotatable bonds is 3. The van der Waals surface area contributed by atoms with Crippen molar-refractivity contribution in [2.24, 2.45) is 45.8 Å². The second-order valence-electron chi connectivity index (χ2n) is 12.3. The third-order valence-corrected chi connectivity index (χ3v) is 9.99. The molecule has 5 aliphatic rings. The first kappa shape index (κ1) is 24.8. The van der Waals surface area contributed by atoms with Gasteiger partial charge in [-0.05, 0) is 38.0 Å². The van der Waals surface area contributed by atoms with Crippen LogP contribution in [-0.4, -0.2) is 76.1 Å². The Bertz CT molecular complexity index is 1010. The maximum Gasteiger partial charge on any atom is 0.348 e. The van der Waals surface area contributed by atoms with Crippen molar-refractivity contribution in [3.63, 3.8) is 0 Å². The first-order chi connectivity index (χ1) is 16.2. The normalized spacial score (nSPS) is 50.8. The van der Waals surface area contributed by atoms with Gasteiger partial charge in [-0.15, -0.1) is 0 Å². The Labute approximate surface area is 203 Å². The number of aliphatic hydroxyl groups excluding tert-OH is 2. The molecule has 5 rings (SSSR count). The fraction of sp³-hybridized carbons (Fsp3) is 0.840. The monoisotopic (exact) mass is 494 g/mol. The lowest BCUT2D eigenvalue weighted by atomic mass is 9.37. The first-order valence-corrected chi connectivity index (χ1v) is 12.3. The van der Waals surface area contributed by atoms with Crippen LogP contribution >= 0.6 is 0 Å². The second kappa shape index (κ2) is 7.34. The Morgan fingerprint density at radius 3 is 2.51 bits per heavy atom. The summed E-state index contributed by atoms with van der Waals surface area (Å²) in [6.45, 7) is 7.47. The maximum absolute atomic E-state index is 13.5. The van der Waals surface area contributed by atoms with Crippen molar-refractivity contribution in [2.75, 3.05) is 13.2 Å². The van der Waals surface area contributed by atoms with Crippen LogP contribution in [0.3, 0.4) is 0 Å². The lowest BCUT2D eigenvalue weighted by molar-refractivity contribution is -0.332. The molecule has 35 heavy (non-hydrogen) atoms. The molecule has 10 heteroatoms. The quantitative estimate of drug-likeness (QED) is 0.360. The Kier molecular flexibility index (Phi) is 5.20. The van der Waals surface area contributed by atoms with Crippen molar-refractivity contribution in [2.45, 2.75) is 71.6 Å². The van der Waals surface area contributed by atoms with Crippen LogP contribution in [0.4, 0.5) is 0 Å². The Hall–Kier alpha value is -1.88. The minimum absolute atomic E-state index is 0.0671. The molecule has 11 atom stereocenters. The van der Waals surface area contributed by atoms with Crippen molar-refractivity contribution in [1.29, 1.82) is 0 Å². The molecule has 2 saturated heterocycles. The number of ether oxygens (including phenoxy) is 3. The topological polar surface area (TPSA) is 157 Å². The van der Waals surface area contributed by atoms with Gasteiger partial charge < -0.3 is 29.5 Å². The van der Waals surface area contributed by atoms with E-state index >= 15 is 0 Å². The average molecular weight is 495 g/mol. The van der Waals surface area contributed by atoms with E-state index in [0.717, 1.165) is 0 Å². The van der Waals surface area contributed by atoms with E-state index in [9.17, 15) is 34.5 Å². The summed E-state index contributed by atoms with van der Waals surface area (Å²) in [5.41, 5.74) is -3.81. The van der Waals surface area contributed by atoms with Crippen molar-refractivity contribution in [1.82, 2.24) is 0 Å². The molecule has 3 N–H and O–H groups in total. The number of Topliss-reactive ketones (excluding diaryl/α,β-unsaturated/α-hetero) is 2. The largest absolute Gasteiger partial charge is 0.459 e. The Morgan fingerprint density at radius 2 is 1.89 bits per heavy atom. The Morgan fingerprint density at radius 1 is 1.23 bits per heavy atom. The SMILES string of the molecule is CC1CC(=O)C(=O)[C@]2(C)[C@H]3[C@@]4(O)OC[C@]35[C@H]([C@@H](C)[C@H]4O)[C@@H](OC(=O)C(C)(C)CO)C(=O)O[C@@H]5C[C@@H]12. The zero-order valence-corrected chi connectivity index (χ0v) is 20.6. The molecular formula is C25H34O10. The van der Waals surface area contributed by atoms with Crippen LogP contribution < -0.4 is 0 Å². The van der Waals surface area contributed by atoms with Crippen LogP contribution in [0, 0.1) is 45.8 Å². The summed E-state index contributed by atoms with van der Waals surface area (Å²) < 4.78 is 17.4. The van der Waals surface area contributed by atoms with Gasteiger partial charge in [0.15, 0.2) is 11.6 Å². The summed E-state index contributed by atoms with van der Waals surface area (Å²) in [6, 6.07) is 0. The molecule has 3 aliphatic carbocycles. The van der Waals surface area contributed by atoms with E-state index in [2.05, 4.69) is 0 Å². The van der Waals surface area contributed by atoms with Crippen molar-refractivity contribution in [3.05, 3.63) is 0 Å². The fourth-order valence-corrected chi connectivity index (χ4v) is 8.27. The zero-order valence-electron chi connectivity index (χ0n) is 20.6. The van der Waals surface area contributed by atoms with Gasteiger partial charge in [-0.2, -0.15) is 0 Å². The predicted octanol–water partition coefficient (Wildman–Crippen LogP) is -0.00550. The molecule has 0 aromatic heterocycles. The van der Waals surface area contributed by atoms with E-state index in [1.165, 1.54) is 13.8 Å². The minimum Gasteiger partial charge on any atom is -0.459 e. The van der Waals surface area contributed by atoms with Crippen LogP contribution in [-0.2, 0) is 33.4 Å². The van der Waals surface area contributed by atoms with Crippen molar-refractivity contribution in [3.8, 4) is 0 Å². The van der Waals surface area contributed by atoms with E-state index in [1.807, 2.05) is 6.92 Å². The number of aliphatic hydroxyl groups is 3. The molecule has 5 fully saturated rings. The number of esters is 2. The van der Waals surface area contributed by atoms with Gasteiger partial charge in [0.25, 0.3) is 0 Å². The highest BCUT2D eigenvalue weighted by atomic mass is 16.7. The van der Waals surface area contributed by atoms with Gasteiger partial charge in [-0.25, -0.2) is 4.79 Å². The lowest BCUT2D eigenvalue weighted by Gasteiger charge is -2.67. The highest BCUT2D eigenvalue weighted by Gasteiger charge is 2.84. The molecule has 2 heterocycles. The zero-order chi connectivity index (χ0) is 25.9. The van der Waals surface area contributed by atoms with Crippen molar-refractivity contribution >= 4 is 23.5 Å². The summed E-state index contributed by atoms with van der Waals surface area (Å²) in [5, 5.41) is 32.7. The van der Waals surface area contributed by atoms with Crippen LogP contribution in [0.2, 0.25) is 0 Å². The molecule has 0 aromatic carbocycles. The standard InChI is InChI=1S/C25H34O10/c1-10-6-13(27)18(29)23(5)12(10)7-14-24-9-33-25(32,20(23)24)17(28)11(2)15(24)16(19(30)34-14)35-21(31)22(3,4)8-26/h10-12,14-17,20,26,28,32H,6-9H2,1-5H3/t10?,11-,12+,14-,15-,16-,17-,20-,23-,24+,25+/m1/s1. The summed E-state index contributed by atoms with van der Waals surface area (Å²) in [6.07, 6.45) is -3.34. The van der Waals surface area contributed by atoms with Gasteiger partial charge in [-0.3, -0.25) is 14.4 Å². The highest BCUT2D eigenvalue weighted by Crippen LogP contribution is 2.73. The molecule has 1 unspecified atom stereocenters. The molecule has 2 bridgehead atoms. The molecule has 194 valence electrons. The third-order valence-electron chi connectivity index (χ3n) is 9.99. The van der Waals surface area contributed by atoms with Gasteiger partial charge >= 0.3 is 11.9 Å². The summed E-state index contributed by atoms with van der Waals surface area (Å²) in [4.78, 5) is 52.4. The summed E-state index contributed by atoms with van der Waals surface area (Å²) in [7, 11) is 0. The van der Waals surface area contributed by atoms with Crippen molar-refractivity contribution < 1.29 is 48.7 Å². The van der Waals surface area contributed by atoms with E-state index in [1.54, 1.807) is 13.8 Å². The second-order valence-corrected chi connectivity index (χ2v) is 12.3. The molecule has 2 aliphatic heterocycles. The molecular weight excluding hydrogens is 460 g/mol. The molecule has 0 radical (unpaired) electrons.